The fourth-order valence-electron chi connectivity index (χ4n) is 3.17. The maximum absolute atomic E-state index is 12.7. The van der Waals surface area contributed by atoms with Crippen molar-refractivity contribution in [3.05, 3.63) is 68.7 Å². The smallest absolute Gasteiger partial charge is 0.254 e. The van der Waals surface area contributed by atoms with E-state index in [4.69, 9.17) is 5.73 Å². The number of nitrogens with two attached hydrogens (primary N) is 1. The van der Waals surface area contributed by atoms with Gasteiger partial charge in [0.1, 0.15) is 0 Å². The maximum Gasteiger partial charge on any atom is 0.254 e. The number of hydrogen-bond acceptors (Lipinski definition) is 6. The van der Waals surface area contributed by atoms with Crippen molar-refractivity contribution in [3.8, 4) is 0 Å². The number of aryl methyl sites for hydroxylation is 3. The van der Waals surface area contributed by atoms with Crippen LogP contribution in [0.2, 0.25) is 0 Å². The summed E-state index contributed by atoms with van der Waals surface area (Å²) >= 11 is 1.44. The number of benzene rings is 1. The average molecular weight is 408 g/mol. The summed E-state index contributed by atoms with van der Waals surface area (Å²) in [6, 6.07) is 8.33. The van der Waals surface area contributed by atoms with Gasteiger partial charge in [-0.05, 0) is 26.3 Å². The summed E-state index contributed by atoms with van der Waals surface area (Å²) in [5.41, 5.74) is 10.4. The lowest BCUT2D eigenvalue weighted by atomic mass is 10.1. The highest BCUT2D eigenvalue weighted by Gasteiger charge is 2.15. The molecule has 0 atom stereocenters. The van der Waals surface area contributed by atoms with Crippen molar-refractivity contribution >= 4 is 29.0 Å². The molecule has 4 rings (SSSR count). The monoisotopic (exact) mass is 407 g/mol. The number of nitrogen functional groups attached to an aromatic ring is 1. The van der Waals surface area contributed by atoms with Crippen LogP contribution >= 0.6 is 11.3 Å². The molecule has 0 aliphatic rings. The van der Waals surface area contributed by atoms with Gasteiger partial charge in [-0.2, -0.15) is 14.5 Å². The fraction of sp³-hybridized carbons (Fsp3) is 0.250. The van der Waals surface area contributed by atoms with Crippen LogP contribution in [0, 0.1) is 20.8 Å². The van der Waals surface area contributed by atoms with Crippen molar-refractivity contribution in [1.82, 2.24) is 24.1 Å². The molecule has 3 heterocycles. The van der Waals surface area contributed by atoms with E-state index in [0.29, 0.717) is 17.1 Å². The number of aromatic nitrogens is 5. The summed E-state index contributed by atoms with van der Waals surface area (Å²) in [5, 5.41) is 6.07. The third-order valence-electron chi connectivity index (χ3n) is 4.75. The number of nitrogens with zero attached hydrogens (tertiary/aromatic N) is 6. The topological polar surface area (TPSA) is 103 Å². The number of thiazole rings is 1. The van der Waals surface area contributed by atoms with E-state index in [1.807, 2.05) is 30.0 Å². The summed E-state index contributed by atoms with van der Waals surface area (Å²) < 4.78 is 3.54. The lowest BCUT2D eigenvalue weighted by Gasteiger charge is -2.08. The van der Waals surface area contributed by atoms with Crippen molar-refractivity contribution < 1.29 is 4.79 Å². The van der Waals surface area contributed by atoms with Gasteiger partial charge in [-0.3, -0.25) is 4.79 Å². The molecular weight excluding hydrogens is 386 g/mol. The SMILES string of the molecule is Cc1ccc(Cn2ccsc2=NC(=O)Cc2c(C)nc3nc(N)nn3c2C)cc1. The van der Waals surface area contributed by atoms with Gasteiger partial charge in [-0.1, -0.05) is 29.8 Å². The van der Waals surface area contributed by atoms with E-state index in [-0.39, 0.29) is 18.3 Å². The molecule has 0 aliphatic carbocycles. The zero-order valence-electron chi connectivity index (χ0n) is 16.5. The molecule has 29 heavy (non-hydrogen) atoms. The second-order valence-electron chi connectivity index (χ2n) is 6.92. The molecule has 9 heteroatoms. The highest BCUT2D eigenvalue weighted by molar-refractivity contribution is 7.07. The minimum atomic E-state index is -0.231. The van der Waals surface area contributed by atoms with Gasteiger partial charge < -0.3 is 10.3 Å². The van der Waals surface area contributed by atoms with Gasteiger partial charge >= 0.3 is 0 Å². The Labute approximate surface area is 171 Å². The second-order valence-corrected chi connectivity index (χ2v) is 7.80. The van der Waals surface area contributed by atoms with E-state index in [1.165, 1.54) is 16.9 Å². The second kappa shape index (κ2) is 7.59. The fourth-order valence-corrected chi connectivity index (χ4v) is 3.92. The molecule has 148 valence electrons. The molecular formula is C20H21N7OS. The molecule has 0 spiro atoms. The first-order valence-corrected chi connectivity index (χ1v) is 10.0. The molecule has 3 aromatic heterocycles. The molecule has 4 aromatic rings. The van der Waals surface area contributed by atoms with Gasteiger partial charge in [-0.15, -0.1) is 16.4 Å². The van der Waals surface area contributed by atoms with Crippen LogP contribution in [0.1, 0.15) is 28.1 Å². The molecule has 0 radical (unpaired) electrons. The minimum absolute atomic E-state index is 0.142. The molecule has 0 unspecified atom stereocenters. The zero-order valence-corrected chi connectivity index (χ0v) is 17.3. The molecule has 0 aliphatic heterocycles. The first kappa shape index (κ1) is 19.0. The molecule has 1 amide bonds. The number of fused-ring (bicyclic) bond motifs is 1. The minimum Gasteiger partial charge on any atom is -0.366 e. The first-order valence-electron chi connectivity index (χ1n) is 9.16. The molecule has 0 bridgehead atoms. The van der Waals surface area contributed by atoms with E-state index < -0.39 is 0 Å². The van der Waals surface area contributed by atoms with Crippen molar-refractivity contribution in [1.29, 1.82) is 0 Å². The number of amides is 1. The summed E-state index contributed by atoms with van der Waals surface area (Å²) in [4.78, 5) is 26.2. The summed E-state index contributed by atoms with van der Waals surface area (Å²) in [5.74, 6) is 0.356. The third-order valence-corrected chi connectivity index (χ3v) is 5.54. The van der Waals surface area contributed by atoms with E-state index in [2.05, 4.69) is 51.2 Å². The van der Waals surface area contributed by atoms with Gasteiger partial charge in [0, 0.05) is 35.1 Å². The lowest BCUT2D eigenvalue weighted by Crippen LogP contribution is -2.18. The van der Waals surface area contributed by atoms with Gasteiger partial charge in [0.2, 0.25) is 5.95 Å². The summed E-state index contributed by atoms with van der Waals surface area (Å²) in [6.07, 6.45) is 2.09. The molecule has 0 fully saturated rings. The zero-order chi connectivity index (χ0) is 20.5. The third kappa shape index (κ3) is 3.95. The Morgan fingerprint density at radius 1 is 1.17 bits per heavy atom. The Morgan fingerprint density at radius 3 is 2.69 bits per heavy atom. The predicted molar refractivity (Wildman–Crippen MR) is 112 cm³/mol. The van der Waals surface area contributed by atoms with E-state index in [0.717, 1.165) is 22.5 Å². The lowest BCUT2D eigenvalue weighted by molar-refractivity contribution is -0.117. The number of hydrogen-bond donors (Lipinski definition) is 1. The molecule has 8 nitrogen and oxygen atoms in total. The van der Waals surface area contributed by atoms with Gasteiger partial charge in [0.05, 0.1) is 6.42 Å². The number of carbonyl (C=O) groups is 1. The highest BCUT2D eigenvalue weighted by atomic mass is 32.1. The van der Waals surface area contributed by atoms with Crippen LogP contribution in [-0.2, 0) is 17.8 Å². The number of rotatable bonds is 4. The van der Waals surface area contributed by atoms with Crippen LogP contribution in [0.25, 0.3) is 5.78 Å². The highest BCUT2D eigenvalue weighted by Crippen LogP contribution is 2.15. The molecule has 0 saturated heterocycles. The van der Waals surface area contributed by atoms with Crippen LogP contribution in [0.3, 0.4) is 0 Å². The van der Waals surface area contributed by atoms with Crippen molar-refractivity contribution in [3.63, 3.8) is 0 Å². The van der Waals surface area contributed by atoms with Crippen molar-refractivity contribution in [2.45, 2.75) is 33.7 Å². The molecule has 0 saturated carbocycles. The normalized spacial score (nSPS) is 12.0. The van der Waals surface area contributed by atoms with Gasteiger partial charge in [0.15, 0.2) is 4.80 Å². The Hall–Kier alpha value is -3.33. The summed E-state index contributed by atoms with van der Waals surface area (Å²) in [7, 11) is 0. The van der Waals surface area contributed by atoms with Crippen LogP contribution in [-0.4, -0.2) is 30.1 Å². The number of carbonyl (C=O) groups excluding carboxylic acids is 1. The average Bonchev–Trinajstić information content (AvgIpc) is 3.26. The van der Waals surface area contributed by atoms with Crippen LogP contribution < -0.4 is 10.5 Å². The quantitative estimate of drug-likeness (QED) is 0.559. The van der Waals surface area contributed by atoms with Crippen LogP contribution in [0.5, 0.6) is 0 Å². The number of anilines is 1. The van der Waals surface area contributed by atoms with Crippen molar-refractivity contribution in [2.75, 3.05) is 5.73 Å². The maximum atomic E-state index is 12.7. The van der Waals surface area contributed by atoms with E-state index in [9.17, 15) is 4.79 Å². The Morgan fingerprint density at radius 2 is 1.93 bits per heavy atom. The summed E-state index contributed by atoms with van der Waals surface area (Å²) in [6.45, 7) is 6.45. The first-order chi connectivity index (χ1) is 13.9. The van der Waals surface area contributed by atoms with E-state index in [1.54, 1.807) is 4.52 Å². The van der Waals surface area contributed by atoms with Crippen molar-refractivity contribution in [2.24, 2.45) is 4.99 Å². The molecule has 2 N–H and O–H groups in total. The standard InChI is InChI=1S/C20H21N7OS/c1-12-4-6-15(7-5-12)11-26-8-9-29-20(26)23-17(28)10-16-13(2)22-19-24-18(21)25-27(19)14(16)3/h4-9H,10-11H2,1-3H3,(H2,21,25). The van der Waals surface area contributed by atoms with Crippen LogP contribution in [0.15, 0.2) is 40.8 Å². The Balaban J connectivity index is 1.60. The van der Waals surface area contributed by atoms with E-state index >= 15 is 0 Å². The largest absolute Gasteiger partial charge is 0.366 e. The predicted octanol–water partition coefficient (Wildman–Crippen LogP) is 2.21. The Kier molecular flexibility index (Phi) is 4.98. The van der Waals surface area contributed by atoms with Gasteiger partial charge in [-0.25, -0.2) is 4.98 Å². The van der Waals surface area contributed by atoms with Gasteiger partial charge in [0.25, 0.3) is 11.7 Å². The van der Waals surface area contributed by atoms with Crippen LogP contribution in [0.4, 0.5) is 5.95 Å². The Bertz CT molecular complexity index is 1260. The molecule has 1 aromatic carbocycles.